The second-order valence-corrected chi connectivity index (χ2v) is 5.94. The van der Waals surface area contributed by atoms with Crippen LogP contribution < -0.4 is 0 Å². The number of hydrogen-bond donors (Lipinski definition) is 1. The quantitative estimate of drug-likeness (QED) is 0.779. The third-order valence-electron chi connectivity index (χ3n) is 3.67. The van der Waals surface area contributed by atoms with Crippen molar-refractivity contribution in [3.05, 3.63) is 0 Å². The Morgan fingerprint density at radius 2 is 2.00 bits per heavy atom. The van der Waals surface area contributed by atoms with Crippen LogP contribution in [0.15, 0.2) is 0 Å². The van der Waals surface area contributed by atoms with Gasteiger partial charge in [-0.2, -0.15) is 11.8 Å². The van der Waals surface area contributed by atoms with Crippen molar-refractivity contribution in [1.29, 1.82) is 0 Å². The summed E-state index contributed by atoms with van der Waals surface area (Å²) in [7, 11) is 0. The van der Waals surface area contributed by atoms with Gasteiger partial charge in [-0.15, -0.1) is 0 Å². The number of rotatable bonds is 2. The van der Waals surface area contributed by atoms with Crippen molar-refractivity contribution < 1.29 is 9.90 Å². The fourth-order valence-corrected chi connectivity index (χ4v) is 3.76. The van der Waals surface area contributed by atoms with Crippen LogP contribution in [0.1, 0.15) is 19.8 Å². The van der Waals surface area contributed by atoms with Gasteiger partial charge in [0.1, 0.15) is 0 Å². The minimum atomic E-state index is -0.616. The SMILES string of the molecule is C[C@@H]1CN(C2CCSCC2)C[C@H]1C(=O)O. The Morgan fingerprint density at radius 1 is 1.33 bits per heavy atom. The van der Waals surface area contributed by atoms with Gasteiger partial charge in [0.05, 0.1) is 5.92 Å². The van der Waals surface area contributed by atoms with Gasteiger partial charge >= 0.3 is 5.97 Å². The van der Waals surface area contributed by atoms with E-state index in [2.05, 4.69) is 11.8 Å². The number of carboxylic acid groups (broad SMARTS) is 1. The zero-order valence-electron chi connectivity index (χ0n) is 9.19. The first-order chi connectivity index (χ1) is 7.18. The molecule has 2 aliphatic rings. The number of hydrogen-bond acceptors (Lipinski definition) is 3. The third kappa shape index (κ3) is 2.48. The molecule has 0 spiro atoms. The first-order valence-electron chi connectivity index (χ1n) is 5.73. The van der Waals surface area contributed by atoms with Gasteiger partial charge in [0.15, 0.2) is 0 Å². The molecule has 0 aliphatic carbocycles. The van der Waals surface area contributed by atoms with Gasteiger partial charge in [-0.05, 0) is 30.3 Å². The van der Waals surface area contributed by atoms with E-state index in [1.165, 1.54) is 24.3 Å². The van der Waals surface area contributed by atoms with E-state index in [0.29, 0.717) is 12.0 Å². The van der Waals surface area contributed by atoms with E-state index in [-0.39, 0.29) is 5.92 Å². The minimum Gasteiger partial charge on any atom is -0.481 e. The molecule has 1 N–H and O–H groups in total. The molecule has 2 heterocycles. The van der Waals surface area contributed by atoms with Gasteiger partial charge in [-0.1, -0.05) is 6.92 Å². The molecule has 3 nitrogen and oxygen atoms in total. The molecule has 2 rings (SSSR count). The Morgan fingerprint density at radius 3 is 2.53 bits per heavy atom. The van der Waals surface area contributed by atoms with Crippen LogP contribution in [0.2, 0.25) is 0 Å². The van der Waals surface area contributed by atoms with E-state index < -0.39 is 5.97 Å². The molecular weight excluding hydrogens is 210 g/mol. The van der Waals surface area contributed by atoms with Crippen LogP contribution >= 0.6 is 11.8 Å². The van der Waals surface area contributed by atoms with Crippen LogP contribution in [0.25, 0.3) is 0 Å². The summed E-state index contributed by atoms with van der Waals surface area (Å²) in [6.07, 6.45) is 2.48. The Labute approximate surface area is 95.2 Å². The van der Waals surface area contributed by atoms with Crippen molar-refractivity contribution in [3.63, 3.8) is 0 Å². The van der Waals surface area contributed by atoms with Gasteiger partial charge in [-0.3, -0.25) is 9.69 Å². The summed E-state index contributed by atoms with van der Waals surface area (Å²) < 4.78 is 0. The molecule has 4 heteroatoms. The molecule has 2 saturated heterocycles. The standard InChI is InChI=1S/C11H19NO2S/c1-8-6-12(7-10(8)11(13)14)9-2-4-15-5-3-9/h8-10H,2-7H2,1H3,(H,13,14)/t8-,10-/m1/s1. The summed E-state index contributed by atoms with van der Waals surface area (Å²) in [5.74, 6) is 2.05. The minimum absolute atomic E-state index is 0.139. The first kappa shape index (κ1) is 11.3. The Bertz CT molecular complexity index is 241. The summed E-state index contributed by atoms with van der Waals surface area (Å²) >= 11 is 2.02. The number of carboxylic acids is 1. The maximum atomic E-state index is 11.0. The average molecular weight is 229 g/mol. The lowest BCUT2D eigenvalue weighted by Crippen LogP contribution is -2.36. The van der Waals surface area contributed by atoms with Gasteiger partial charge in [0.2, 0.25) is 0 Å². The van der Waals surface area contributed by atoms with Gasteiger partial charge in [-0.25, -0.2) is 0 Å². The topological polar surface area (TPSA) is 40.5 Å². The second kappa shape index (κ2) is 4.74. The largest absolute Gasteiger partial charge is 0.481 e. The lowest BCUT2D eigenvalue weighted by molar-refractivity contribution is -0.142. The number of thioether (sulfide) groups is 1. The van der Waals surface area contributed by atoms with E-state index in [9.17, 15) is 4.79 Å². The zero-order chi connectivity index (χ0) is 10.8. The summed E-state index contributed by atoms with van der Waals surface area (Å²) in [6, 6.07) is 0.651. The van der Waals surface area contributed by atoms with Crippen molar-refractivity contribution >= 4 is 17.7 Å². The molecule has 86 valence electrons. The molecule has 2 fully saturated rings. The number of aliphatic carboxylic acids is 1. The monoisotopic (exact) mass is 229 g/mol. The fourth-order valence-electron chi connectivity index (χ4n) is 2.67. The summed E-state index contributed by atoms with van der Waals surface area (Å²) in [5, 5.41) is 9.07. The zero-order valence-corrected chi connectivity index (χ0v) is 10.0. The molecule has 0 bridgehead atoms. The van der Waals surface area contributed by atoms with E-state index in [1.807, 2.05) is 11.8 Å². The highest BCUT2D eigenvalue weighted by atomic mass is 32.2. The highest BCUT2D eigenvalue weighted by molar-refractivity contribution is 7.99. The molecule has 15 heavy (non-hydrogen) atoms. The molecule has 2 aliphatic heterocycles. The van der Waals surface area contributed by atoms with E-state index in [4.69, 9.17) is 5.11 Å². The number of likely N-dealkylation sites (tertiary alicyclic amines) is 1. The maximum Gasteiger partial charge on any atom is 0.308 e. The van der Waals surface area contributed by atoms with E-state index in [1.54, 1.807) is 0 Å². The number of nitrogens with zero attached hydrogens (tertiary/aromatic N) is 1. The Hall–Kier alpha value is -0.220. The summed E-state index contributed by atoms with van der Waals surface area (Å²) in [4.78, 5) is 13.4. The van der Waals surface area contributed by atoms with Gasteiger partial charge < -0.3 is 5.11 Å². The molecule has 0 aromatic carbocycles. The molecular formula is C11H19NO2S. The van der Waals surface area contributed by atoms with Crippen molar-refractivity contribution in [3.8, 4) is 0 Å². The highest BCUT2D eigenvalue weighted by Crippen LogP contribution is 2.30. The van der Waals surface area contributed by atoms with Gasteiger partial charge in [0.25, 0.3) is 0 Å². The predicted octanol–water partition coefficient (Wildman–Crippen LogP) is 1.53. The van der Waals surface area contributed by atoms with Crippen LogP contribution in [0.5, 0.6) is 0 Å². The third-order valence-corrected chi connectivity index (χ3v) is 4.71. The molecule has 0 amide bonds. The average Bonchev–Trinajstić information content (AvgIpc) is 2.62. The highest BCUT2D eigenvalue weighted by Gasteiger charge is 2.37. The first-order valence-corrected chi connectivity index (χ1v) is 6.88. The van der Waals surface area contributed by atoms with Crippen LogP contribution in [0.3, 0.4) is 0 Å². The van der Waals surface area contributed by atoms with Crippen molar-refractivity contribution in [1.82, 2.24) is 4.90 Å². The molecule has 2 atom stereocenters. The van der Waals surface area contributed by atoms with Crippen LogP contribution in [0, 0.1) is 11.8 Å². The Kier molecular flexibility index (Phi) is 3.57. The Balaban J connectivity index is 1.92. The van der Waals surface area contributed by atoms with Crippen molar-refractivity contribution in [2.75, 3.05) is 24.6 Å². The molecule has 0 unspecified atom stereocenters. The summed E-state index contributed by atoms with van der Waals surface area (Å²) in [5.41, 5.74) is 0. The second-order valence-electron chi connectivity index (χ2n) is 4.72. The molecule has 0 aromatic rings. The lowest BCUT2D eigenvalue weighted by Gasteiger charge is -2.30. The fraction of sp³-hybridized carbons (Fsp3) is 0.909. The predicted molar refractivity (Wildman–Crippen MR) is 62.2 cm³/mol. The molecule has 0 aromatic heterocycles. The summed E-state index contributed by atoms with van der Waals surface area (Å²) in [6.45, 7) is 3.81. The van der Waals surface area contributed by atoms with Crippen LogP contribution in [0.4, 0.5) is 0 Å². The number of carbonyl (C=O) groups is 1. The van der Waals surface area contributed by atoms with Crippen molar-refractivity contribution in [2.24, 2.45) is 11.8 Å². The molecule has 0 radical (unpaired) electrons. The van der Waals surface area contributed by atoms with Crippen molar-refractivity contribution in [2.45, 2.75) is 25.8 Å². The van der Waals surface area contributed by atoms with Crippen LogP contribution in [-0.4, -0.2) is 46.6 Å². The van der Waals surface area contributed by atoms with Crippen LogP contribution in [-0.2, 0) is 4.79 Å². The lowest BCUT2D eigenvalue weighted by atomic mass is 9.99. The van der Waals surface area contributed by atoms with E-state index >= 15 is 0 Å². The maximum absolute atomic E-state index is 11.0. The van der Waals surface area contributed by atoms with E-state index in [0.717, 1.165) is 13.1 Å². The normalized spacial score (nSPS) is 34.5. The smallest absolute Gasteiger partial charge is 0.308 e. The van der Waals surface area contributed by atoms with Gasteiger partial charge in [0, 0.05) is 19.1 Å². The molecule has 0 saturated carbocycles.